The average molecular weight is 209 g/mol. The molecule has 0 unspecified atom stereocenters. The Morgan fingerprint density at radius 1 is 1.29 bits per heavy atom. The number of ether oxygens (including phenoxy) is 1. The molecule has 2 N–H and O–H groups in total. The molecule has 0 heterocycles. The first-order valence-electron chi connectivity index (χ1n) is 3.68. The van der Waals surface area contributed by atoms with Crippen LogP contribution in [0.25, 0.3) is 0 Å². The summed E-state index contributed by atoms with van der Waals surface area (Å²) in [5.41, 5.74) is 5.01. The Bertz CT molecular complexity index is 329. The van der Waals surface area contributed by atoms with E-state index in [2.05, 4.69) is 4.74 Å². The van der Waals surface area contributed by atoms with E-state index in [4.69, 9.17) is 5.73 Å². The van der Waals surface area contributed by atoms with Gasteiger partial charge in [0, 0.05) is 12.1 Å². The van der Waals surface area contributed by atoms with Crippen molar-refractivity contribution in [2.24, 2.45) is 5.73 Å². The molecular formula is C8H7F4NO. The second kappa shape index (κ2) is 4.28. The summed E-state index contributed by atoms with van der Waals surface area (Å²) < 4.78 is 53.0. The highest BCUT2D eigenvalue weighted by atomic mass is 19.3. The Morgan fingerprint density at radius 2 is 1.93 bits per heavy atom. The molecule has 1 aromatic rings. The van der Waals surface area contributed by atoms with Gasteiger partial charge in [-0.15, -0.1) is 0 Å². The smallest absolute Gasteiger partial charge is 0.387 e. The minimum atomic E-state index is -3.27. The predicted octanol–water partition coefficient (Wildman–Crippen LogP) is 2.02. The lowest BCUT2D eigenvalue weighted by Gasteiger charge is -2.08. The number of alkyl halides is 2. The Morgan fingerprint density at radius 3 is 2.43 bits per heavy atom. The topological polar surface area (TPSA) is 35.2 Å². The number of nitrogens with two attached hydrogens (primary N) is 1. The van der Waals surface area contributed by atoms with Gasteiger partial charge in [-0.2, -0.15) is 8.78 Å². The molecule has 1 aromatic carbocycles. The highest BCUT2D eigenvalue weighted by Crippen LogP contribution is 2.25. The van der Waals surface area contributed by atoms with Crippen LogP contribution in [-0.4, -0.2) is 6.61 Å². The summed E-state index contributed by atoms with van der Waals surface area (Å²) in [4.78, 5) is 0. The van der Waals surface area contributed by atoms with Gasteiger partial charge in [0.25, 0.3) is 0 Å². The third kappa shape index (κ3) is 2.14. The van der Waals surface area contributed by atoms with E-state index >= 15 is 0 Å². The van der Waals surface area contributed by atoms with Gasteiger partial charge < -0.3 is 10.5 Å². The molecule has 78 valence electrons. The molecule has 14 heavy (non-hydrogen) atoms. The summed E-state index contributed by atoms with van der Waals surface area (Å²) >= 11 is 0. The molecule has 0 aliphatic heterocycles. The zero-order valence-electron chi connectivity index (χ0n) is 6.94. The van der Waals surface area contributed by atoms with Crippen LogP contribution in [-0.2, 0) is 6.54 Å². The van der Waals surface area contributed by atoms with Crippen LogP contribution in [0.1, 0.15) is 5.56 Å². The molecule has 0 radical (unpaired) electrons. The Balaban J connectivity index is 3.11. The fourth-order valence-electron chi connectivity index (χ4n) is 0.928. The molecule has 0 aliphatic carbocycles. The van der Waals surface area contributed by atoms with E-state index in [0.717, 1.165) is 12.1 Å². The maximum absolute atomic E-state index is 13.1. The standard InChI is InChI=1S/C8H7F4NO/c9-5-2-1-4(3-13)6(10)7(5)14-8(11)12/h1-2,8H,3,13H2. The number of rotatable bonds is 3. The van der Waals surface area contributed by atoms with Crippen molar-refractivity contribution in [1.82, 2.24) is 0 Å². The number of halogens is 4. The maximum atomic E-state index is 13.1. The molecule has 0 aliphatic rings. The van der Waals surface area contributed by atoms with E-state index in [-0.39, 0.29) is 12.1 Å². The number of benzene rings is 1. The summed E-state index contributed by atoms with van der Waals surface area (Å²) in [6, 6.07) is 1.89. The van der Waals surface area contributed by atoms with Crippen molar-refractivity contribution in [3.05, 3.63) is 29.3 Å². The van der Waals surface area contributed by atoms with Crippen molar-refractivity contribution in [2.75, 3.05) is 0 Å². The molecule has 0 amide bonds. The minimum Gasteiger partial charge on any atom is -0.429 e. The molecule has 0 bridgehead atoms. The van der Waals surface area contributed by atoms with Crippen molar-refractivity contribution in [3.63, 3.8) is 0 Å². The monoisotopic (exact) mass is 209 g/mol. The number of hydrogen-bond donors (Lipinski definition) is 1. The van der Waals surface area contributed by atoms with Crippen LogP contribution in [0.5, 0.6) is 5.75 Å². The van der Waals surface area contributed by atoms with E-state index in [1.54, 1.807) is 0 Å². The Kier molecular flexibility index (Phi) is 3.29. The largest absolute Gasteiger partial charge is 0.429 e. The average Bonchev–Trinajstić information content (AvgIpc) is 2.12. The summed E-state index contributed by atoms with van der Waals surface area (Å²) in [6.45, 7) is -3.49. The van der Waals surface area contributed by atoms with Gasteiger partial charge in [0.2, 0.25) is 0 Å². The molecule has 0 aromatic heterocycles. The van der Waals surface area contributed by atoms with Crippen molar-refractivity contribution in [3.8, 4) is 5.75 Å². The summed E-state index contributed by atoms with van der Waals surface area (Å²) in [5.74, 6) is -3.46. The van der Waals surface area contributed by atoms with Crippen molar-refractivity contribution in [1.29, 1.82) is 0 Å². The van der Waals surface area contributed by atoms with E-state index in [1.165, 1.54) is 0 Å². The van der Waals surface area contributed by atoms with Crippen LogP contribution in [0, 0.1) is 11.6 Å². The molecule has 0 saturated heterocycles. The van der Waals surface area contributed by atoms with Crippen LogP contribution in [0.2, 0.25) is 0 Å². The van der Waals surface area contributed by atoms with Crippen LogP contribution >= 0.6 is 0 Å². The first kappa shape index (κ1) is 10.8. The molecule has 6 heteroatoms. The van der Waals surface area contributed by atoms with Gasteiger partial charge in [0.05, 0.1) is 0 Å². The molecule has 1 rings (SSSR count). The Labute approximate surface area is 77.3 Å². The molecule has 0 atom stereocenters. The van der Waals surface area contributed by atoms with Crippen molar-refractivity contribution < 1.29 is 22.3 Å². The van der Waals surface area contributed by atoms with Gasteiger partial charge in [0.1, 0.15) is 0 Å². The highest BCUT2D eigenvalue weighted by Gasteiger charge is 2.17. The zero-order valence-corrected chi connectivity index (χ0v) is 6.94. The first-order valence-corrected chi connectivity index (χ1v) is 3.68. The van der Waals surface area contributed by atoms with E-state index < -0.39 is 24.0 Å². The van der Waals surface area contributed by atoms with Crippen molar-refractivity contribution in [2.45, 2.75) is 13.2 Å². The minimum absolute atomic E-state index is 0.0814. The van der Waals surface area contributed by atoms with Crippen LogP contribution in [0.4, 0.5) is 17.6 Å². The van der Waals surface area contributed by atoms with Gasteiger partial charge in [-0.1, -0.05) is 6.07 Å². The normalized spacial score (nSPS) is 10.7. The summed E-state index contributed by atoms with van der Waals surface area (Å²) in [7, 11) is 0. The zero-order chi connectivity index (χ0) is 10.7. The summed E-state index contributed by atoms with van der Waals surface area (Å²) in [6.07, 6.45) is 0. The van der Waals surface area contributed by atoms with E-state index in [1.807, 2.05) is 0 Å². The lowest BCUT2D eigenvalue weighted by Crippen LogP contribution is -2.09. The van der Waals surface area contributed by atoms with Gasteiger partial charge >= 0.3 is 6.61 Å². The van der Waals surface area contributed by atoms with Gasteiger partial charge in [-0.05, 0) is 6.07 Å². The Hall–Kier alpha value is -1.30. The maximum Gasteiger partial charge on any atom is 0.387 e. The molecule has 2 nitrogen and oxygen atoms in total. The third-order valence-electron chi connectivity index (χ3n) is 1.56. The third-order valence-corrected chi connectivity index (χ3v) is 1.56. The SMILES string of the molecule is NCc1ccc(F)c(OC(F)F)c1F. The second-order valence-electron chi connectivity index (χ2n) is 2.43. The quantitative estimate of drug-likeness (QED) is 0.773. The lowest BCUT2D eigenvalue weighted by molar-refractivity contribution is -0.0547. The van der Waals surface area contributed by atoms with Gasteiger partial charge in [0.15, 0.2) is 17.4 Å². The van der Waals surface area contributed by atoms with Gasteiger partial charge in [-0.3, -0.25) is 0 Å². The van der Waals surface area contributed by atoms with Crippen LogP contribution in [0.15, 0.2) is 12.1 Å². The van der Waals surface area contributed by atoms with Crippen LogP contribution < -0.4 is 10.5 Å². The van der Waals surface area contributed by atoms with E-state index in [9.17, 15) is 17.6 Å². The lowest BCUT2D eigenvalue weighted by atomic mass is 10.2. The molecule has 0 spiro atoms. The van der Waals surface area contributed by atoms with Crippen LogP contribution in [0.3, 0.4) is 0 Å². The van der Waals surface area contributed by atoms with Crippen molar-refractivity contribution >= 4 is 0 Å². The van der Waals surface area contributed by atoms with Gasteiger partial charge in [-0.25, -0.2) is 8.78 Å². The molecular weight excluding hydrogens is 202 g/mol. The summed E-state index contributed by atoms with van der Waals surface area (Å²) in [5, 5.41) is 0. The second-order valence-corrected chi connectivity index (χ2v) is 2.43. The molecule has 0 fully saturated rings. The molecule has 0 saturated carbocycles. The fraction of sp³-hybridized carbons (Fsp3) is 0.250. The first-order chi connectivity index (χ1) is 6.56. The fourth-order valence-corrected chi connectivity index (χ4v) is 0.928. The number of hydrogen-bond acceptors (Lipinski definition) is 2. The van der Waals surface area contributed by atoms with E-state index in [0.29, 0.717) is 0 Å². The highest BCUT2D eigenvalue weighted by molar-refractivity contribution is 5.32. The predicted molar refractivity (Wildman–Crippen MR) is 40.9 cm³/mol.